The molecule has 1 atom stereocenters. The lowest BCUT2D eigenvalue weighted by Gasteiger charge is -2.25. The monoisotopic (exact) mass is 747 g/mol. The molecule has 1 aromatic rings. The molecule has 0 saturated carbocycles. The number of likely N-dealkylation sites (N-methyl/N-ethyl adjacent to an activating group) is 1. The largest absolute Gasteiger partial charge is 0.465 e. The van der Waals surface area contributed by atoms with E-state index < -0.39 is 6.10 Å². The van der Waals surface area contributed by atoms with Crippen molar-refractivity contribution in [1.82, 2.24) is 9.80 Å². The maximum Gasteiger partial charge on any atom is 0.313 e. The molecule has 0 aliphatic rings. The first-order valence-electron chi connectivity index (χ1n) is 21.1. The molecule has 53 heavy (non-hydrogen) atoms. The van der Waals surface area contributed by atoms with E-state index in [2.05, 4.69) is 44.7 Å². The lowest BCUT2D eigenvalue weighted by Crippen LogP contribution is -2.37. The highest BCUT2D eigenvalue weighted by Crippen LogP contribution is 2.19. The number of esters is 2. The van der Waals surface area contributed by atoms with Crippen LogP contribution >= 0.6 is 0 Å². The smallest absolute Gasteiger partial charge is 0.313 e. The summed E-state index contributed by atoms with van der Waals surface area (Å²) in [4.78, 5) is 42.7. The molecule has 0 spiro atoms. The van der Waals surface area contributed by atoms with Crippen molar-refractivity contribution in [1.29, 1.82) is 0 Å². The van der Waals surface area contributed by atoms with Gasteiger partial charge in [0.1, 0.15) is 6.10 Å². The molecule has 1 unspecified atom stereocenters. The highest BCUT2D eigenvalue weighted by Gasteiger charge is 2.20. The van der Waals surface area contributed by atoms with Crippen molar-refractivity contribution in [3.8, 4) is 0 Å². The van der Waals surface area contributed by atoms with Crippen LogP contribution in [0.2, 0.25) is 0 Å². The summed E-state index contributed by atoms with van der Waals surface area (Å²) >= 11 is 0. The highest BCUT2D eigenvalue weighted by molar-refractivity contribution is 5.81. The number of benzene rings is 1. The summed E-state index contributed by atoms with van der Waals surface area (Å²) in [5.41, 5.74) is 2.26. The summed E-state index contributed by atoms with van der Waals surface area (Å²) in [7, 11) is 3.98. The van der Waals surface area contributed by atoms with Crippen LogP contribution in [0, 0.1) is 5.92 Å². The van der Waals surface area contributed by atoms with Crippen molar-refractivity contribution >= 4 is 17.8 Å². The van der Waals surface area contributed by atoms with Gasteiger partial charge in [0.15, 0.2) is 0 Å². The lowest BCUT2D eigenvalue weighted by atomic mass is 9.97. The van der Waals surface area contributed by atoms with Crippen molar-refractivity contribution in [2.45, 2.75) is 156 Å². The first kappa shape index (κ1) is 48.5. The maximum atomic E-state index is 13.3. The quantitative estimate of drug-likeness (QED) is 0.0509. The third-order valence-electron chi connectivity index (χ3n) is 9.45. The molecule has 0 bridgehead atoms. The van der Waals surface area contributed by atoms with Gasteiger partial charge in [-0.2, -0.15) is 0 Å². The molecule has 0 radical (unpaired) electrons. The summed E-state index contributed by atoms with van der Waals surface area (Å²) in [5, 5.41) is 0. The van der Waals surface area contributed by atoms with E-state index in [9.17, 15) is 14.4 Å². The van der Waals surface area contributed by atoms with E-state index in [1.807, 2.05) is 38.1 Å². The van der Waals surface area contributed by atoms with Gasteiger partial charge in [-0.15, -0.1) is 0 Å². The standard InChI is InChI=1S/C44H78N2O7/c1-8-10-12-15-19-31-50-35-41(36-51-32-20-16-13-11-9-2)53-43(48)27-26-42(47)46(30-29-45(6)7)28-18-14-17-21-33-52-44(49)38(5)40-24-22-39(23-25-40)34-37(3)4/h22-25,37-38,41H,8-21,26-36H2,1-7H3. The zero-order valence-electron chi connectivity index (χ0n) is 35.0. The van der Waals surface area contributed by atoms with Gasteiger partial charge in [0.05, 0.1) is 32.2 Å². The van der Waals surface area contributed by atoms with E-state index in [4.69, 9.17) is 18.9 Å². The average Bonchev–Trinajstić information content (AvgIpc) is 3.13. The molecule has 1 rings (SSSR count). The van der Waals surface area contributed by atoms with Crippen LogP contribution < -0.4 is 0 Å². The summed E-state index contributed by atoms with van der Waals surface area (Å²) < 4.78 is 23.1. The van der Waals surface area contributed by atoms with Gasteiger partial charge in [-0.05, 0) is 76.6 Å². The number of unbranched alkanes of at least 4 members (excludes halogenated alkanes) is 11. The minimum atomic E-state index is -0.475. The van der Waals surface area contributed by atoms with Gasteiger partial charge in [-0.25, -0.2) is 0 Å². The number of rotatable bonds is 34. The topological polar surface area (TPSA) is 94.6 Å². The van der Waals surface area contributed by atoms with E-state index in [-0.39, 0.29) is 36.6 Å². The fraction of sp³-hybridized carbons (Fsp3) is 0.795. The normalized spacial score (nSPS) is 12.1. The molecular formula is C44H78N2O7. The van der Waals surface area contributed by atoms with Crippen LogP contribution in [0.15, 0.2) is 24.3 Å². The minimum absolute atomic E-state index is 0.0350. The Labute approximate surface area is 324 Å². The second-order valence-electron chi connectivity index (χ2n) is 15.4. The molecule has 0 N–H and O–H groups in total. The fourth-order valence-electron chi connectivity index (χ4n) is 6.06. The average molecular weight is 747 g/mol. The second kappa shape index (κ2) is 31.8. The van der Waals surface area contributed by atoms with Gasteiger partial charge < -0.3 is 28.7 Å². The first-order chi connectivity index (χ1) is 25.6. The number of nitrogens with zero attached hydrogens (tertiary/aromatic N) is 2. The molecule has 0 fully saturated rings. The van der Waals surface area contributed by atoms with Crippen LogP contribution in [-0.4, -0.2) is 101 Å². The van der Waals surface area contributed by atoms with E-state index in [0.717, 1.165) is 69.9 Å². The Morgan fingerprint density at radius 3 is 1.74 bits per heavy atom. The SMILES string of the molecule is CCCCCCCOCC(COCCCCCCC)OC(=O)CCC(=O)N(CCCCCCOC(=O)C(C)c1ccc(CC(C)C)cc1)CCN(C)C. The van der Waals surface area contributed by atoms with Gasteiger partial charge in [0, 0.05) is 39.3 Å². The number of hydrogen-bond donors (Lipinski definition) is 0. The molecule has 0 aliphatic carbocycles. The fourth-order valence-corrected chi connectivity index (χ4v) is 6.06. The highest BCUT2D eigenvalue weighted by atomic mass is 16.6. The molecule has 0 aromatic heterocycles. The minimum Gasteiger partial charge on any atom is -0.465 e. The Hall–Kier alpha value is -2.49. The van der Waals surface area contributed by atoms with Crippen LogP contribution in [0.25, 0.3) is 0 Å². The van der Waals surface area contributed by atoms with Gasteiger partial charge in [-0.1, -0.05) is 110 Å². The second-order valence-corrected chi connectivity index (χ2v) is 15.4. The Balaban J connectivity index is 2.47. The third-order valence-corrected chi connectivity index (χ3v) is 9.45. The molecule has 0 aliphatic heterocycles. The molecule has 1 amide bonds. The van der Waals surface area contributed by atoms with Gasteiger partial charge in [0.25, 0.3) is 0 Å². The van der Waals surface area contributed by atoms with Crippen molar-refractivity contribution in [2.24, 2.45) is 5.92 Å². The van der Waals surface area contributed by atoms with Crippen molar-refractivity contribution in [3.63, 3.8) is 0 Å². The van der Waals surface area contributed by atoms with Crippen LogP contribution in [0.1, 0.15) is 154 Å². The molecule has 306 valence electrons. The number of carbonyl (C=O) groups is 3. The predicted molar refractivity (Wildman–Crippen MR) is 216 cm³/mol. The molecule has 1 aromatic carbocycles. The molecule has 9 heteroatoms. The van der Waals surface area contributed by atoms with E-state index in [0.29, 0.717) is 52.0 Å². The Morgan fingerprint density at radius 2 is 1.19 bits per heavy atom. The van der Waals surface area contributed by atoms with Gasteiger partial charge >= 0.3 is 11.9 Å². The van der Waals surface area contributed by atoms with Gasteiger partial charge in [-0.3, -0.25) is 14.4 Å². The van der Waals surface area contributed by atoms with Crippen molar-refractivity contribution in [2.75, 3.05) is 66.8 Å². The first-order valence-corrected chi connectivity index (χ1v) is 21.1. The Bertz CT molecular complexity index is 1040. The summed E-state index contributed by atoms with van der Waals surface area (Å²) in [5.74, 6) is -0.310. The van der Waals surface area contributed by atoms with Gasteiger partial charge in [0.2, 0.25) is 5.91 Å². The van der Waals surface area contributed by atoms with Crippen molar-refractivity contribution in [3.05, 3.63) is 35.4 Å². The van der Waals surface area contributed by atoms with Crippen LogP contribution in [0.3, 0.4) is 0 Å². The van der Waals surface area contributed by atoms with E-state index in [1.165, 1.54) is 44.1 Å². The number of carbonyl (C=O) groups excluding carboxylic acids is 3. The summed E-state index contributed by atoms with van der Waals surface area (Å²) in [6.45, 7) is 15.0. The number of ether oxygens (including phenoxy) is 4. The molecule has 9 nitrogen and oxygen atoms in total. The van der Waals surface area contributed by atoms with Crippen LogP contribution in [-0.2, 0) is 39.8 Å². The summed E-state index contributed by atoms with van der Waals surface area (Å²) in [6.07, 6.45) is 15.8. The zero-order valence-corrected chi connectivity index (χ0v) is 35.0. The Morgan fingerprint density at radius 1 is 0.642 bits per heavy atom. The zero-order chi connectivity index (χ0) is 39.1. The predicted octanol–water partition coefficient (Wildman–Crippen LogP) is 9.15. The number of hydrogen-bond acceptors (Lipinski definition) is 8. The molecule has 0 saturated heterocycles. The lowest BCUT2D eigenvalue weighted by molar-refractivity contribution is -0.157. The number of amides is 1. The van der Waals surface area contributed by atoms with Crippen molar-refractivity contribution < 1.29 is 33.3 Å². The Kier molecular flexibility index (Phi) is 29.1. The molecular weight excluding hydrogens is 668 g/mol. The van der Waals surface area contributed by atoms with E-state index >= 15 is 0 Å². The maximum absolute atomic E-state index is 13.3. The summed E-state index contributed by atoms with van der Waals surface area (Å²) in [6, 6.07) is 8.28. The van der Waals surface area contributed by atoms with Crippen LogP contribution in [0.5, 0.6) is 0 Å². The molecule has 0 heterocycles. The third kappa shape index (κ3) is 26.0. The van der Waals surface area contributed by atoms with E-state index in [1.54, 1.807) is 0 Å². The van der Waals surface area contributed by atoms with Crippen LogP contribution in [0.4, 0.5) is 0 Å².